The molecule has 1 heterocycles. The van der Waals surface area contributed by atoms with E-state index in [9.17, 15) is 0 Å². The van der Waals surface area contributed by atoms with Crippen LogP contribution in [0.2, 0.25) is 0 Å². The normalized spacial score (nSPS) is 16.7. The number of allylic oxidation sites excluding steroid dienone is 2. The lowest BCUT2D eigenvalue weighted by molar-refractivity contribution is -0.00763. The molecule has 0 amide bonds. The molecule has 0 N–H and O–H groups in total. The molecule has 5 heteroatoms. The van der Waals surface area contributed by atoms with Crippen LogP contribution in [0.15, 0.2) is 169 Å². The Morgan fingerprint density at radius 2 is 0.678 bits per heavy atom. The highest BCUT2D eigenvalue weighted by atomic mass is 31.2. The minimum atomic E-state index is -3.58. The van der Waals surface area contributed by atoms with Gasteiger partial charge in [-0.2, -0.15) is 0 Å². The molecular weight excluding hydrogens is 1130 g/mol. The van der Waals surface area contributed by atoms with Crippen molar-refractivity contribution in [2.75, 3.05) is 6.61 Å². The first-order chi connectivity index (χ1) is 41.1. The van der Waals surface area contributed by atoms with Gasteiger partial charge >= 0.3 is 0 Å². The number of fused-ring (bicyclic) bond motifs is 1. The molecule has 7 aromatic rings. The lowest BCUT2D eigenvalue weighted by atomic mass is 9.80. The summed E-state index contributed by atoms with van der Waals surface area (Å²) in [4.78, 5) is 0. The third-order valence-electron chi connectivity index (χ3n) is 19.3. The molecule has 3 nitrogen and oxygen atoms in total. The first kappa shape index (κ1) is 68.4. The van der Waals surface area contributed by atoms with Crippen LogP contribution in [-0.4, -0.2) is 14.7 Å². The second-order valence-electron chi connectivity index (χ2n) is 36.0. The van der Waals surface area contributed by atoms with Crippen LogP contribution in [0, 0.1) is 0 Å². The van der Waals surface area contributed by atoms with E-state index in [1.54, 1.807) is 0 Å². The molecule has 1 aliphatic heterocycles. The van der Waals surface area contributed by atoms with E-state index in [-0.39, 0.29) is 54.7 Å². The second kappa shape index (κ2) is 23.3. The largest absolute Gasteiger partial charge is 0.486 e. The standard InChI is InChI=1S/C85H111O3PSi/c1-77(2,3)56-31-28-34-66(49-56)90(67-35-29-32-57(50-67)78(4,5)6,68-36-30-33-58(51-68)79(7,8)9)69-38-40-70(73(53-69)85(25,26)27)55-41-74-75(42-55)88-76(54-87-74)71-39-37-63(52-72(71)84(22,23)24)89(86,64-45-59(80(10,11)12)43-60(46-64)81(13,14)15)65-47-61(82(16,17)18)44-62(48-65)83(19,20)21/h28-53,55,76H,54H2,1-27H3. The van der Waals surface area contributed by atoms with Gasteiger partial charge in [0.05, 0.1) is 0 Å². The molecule has 0 radical (unpaired) electrons. The van der Waals surface area contributed by atoms with Crippen LogP contribution in [0.4, 0.5) is 0 Å². The van der Waals surface area contributed by atoms with Gasteiger partial charge in [0.1, 0.15) is 6.61 Å². The molecule has 2 unspecified atom stereocenters. The summed E-state index contributed by atoms with van der Waals surface area (Å²) >= 11 is 0. The second-order valence-corrected chi connectivity index (χ2v) is 42.5. The van der Waals surface area contributed by atoms with Crippen LogP contribution in [0.5, 0.6) is 0 Å². The number of ether oxygens (including phenoxy) is 2. The van der Waals surface area contributed by atoms with Crippen molar-refractivity contribution < 1.29 is 14.0 Å². The Morgan fingerprint density at radius 1 is 0.333 bits per heavy atom. The van der Waals surface area contributed by atoms with Gasteiger partial charge in [-0.3, -0.25) is 0 Å². The highest BCUT2D eigenvalue weighted by molar-refractivity contribution is 7.85. The van der Waals surface area contributed by atoms with Crippen LogP contribution in [0.1, 0.15) is 260 Å². The maximum Gasteiger partial charge on any atom is 0.179 e. The third kappa shape index (κ3) is 13.6. The van der Waals surface area contributed by atoms with E-state index in [4.69, 9.17) is 9.47 Å². The van der Waals surface area contributed by atoms with Crippen LogP contribution in [-0.2, 0) is 62.8 Å². The van der Waals surface area contributed by atoms with Gasteiger partial charge in [-0.25, -0.2) is 0 Å². The van der Waals surface area contributed by atoms with E-state index >= 15 is 4.57 Å². The highest BCUT2D eigenvalue weighted by Crippen LogP contribution is 2.49. The van der Waals surface area contributed by atoms with Crippen molar-refractivity contribution in [1.29, 1.82) is 0 Å². The van der Waals surface area contributed by atoms with E-state index in [0.29, 0.717) is 6.61 Å². The molecule has 1 saturated heterocycles. The highest BCUT2D eigenvalue weighted by Gasteiger charge is 2.45. The first-order valence-electron chi connectivity index (χ1n) is 33.4. The van der Waals surface area contributed by atoms with E-state index < -0.39 is 21.3 Å². The zero-order valence-electron chi connectivity index (χ0n) is 60.5. The van der Waals surface area contributed by atoms with Crippen LogP contribution in [0.25, 0.3) is 0 Å². The van der Waals surface area contributed by atoms with Crippen molar-refractivity contribution in [3.05, 3.63) is 230 Å². The fourth-order valence-corrected chi connectivity index (χ4v) is 20.9. The fraction of sp³-hybridized carbons (Fsp3) is 0.459. The topological polar surface area (TPSA) is 35.5 Å². The predicted octanol–water partition coefficient (Wildman–Crippen LogP) is 19.0. The molecule has 0 aromatic heterocycles. The molecule has 90 heavy (non-hydrogen) atoms. The summed E-state index contributed by atoms with van der Waals surface area (Å²) in [6.07, 6.45) is 4.19. The molecule has 1 aliphatic carbocycles. The Hall–Kier alpha value is -5.93. The van der Waals surface area contributed by atoms with Crippen molar-refractivity contribution in [3.63, 3.8) is 0 Å². The summed E-state index contributed by atoms with van der Waals surface area (Å²) in [5, 5.41) is 8.14. The lowest BCUT2D eigenvalue weighted by Gasteiger charge is -2.38. The third-order valence-corrected chi connectivity index (χ3v) is 27.0. The van der Waals surface area contributed by atoms with Crippen molar-refractivity contribution in [2.24, 2.45) is 0 Å². The Balaban J connectivity index is 1.20. The summed E-state index contributed by atoms with van der Waals surface area (Å²) in [6.45, 7) is 62.6. The number of hydrogen-bond acceptors (Lipinski definition) is 3. The lowest BCUT2D eigenvalue weighted by Crippen LogP contribution is -2.75. The molecule has 0 spiro atoms. The molecule has 1 fully saturated rings. The van der Waals surface area contributed by atoms with Gasteiger partial charge in [0.25, 0.3) is 0 Å². The van der Waals surface area contributed by atoms with Crippen molar-refractivity contribution in [1.82, 2.24) is 0 Å². The van der Waals surface area contributed by atoms with Crippen molar-refractivity contribution in [3.8, 4) is 0 Å². The number of benzene rings is 7. The molecule has 7 aromatic carbocycles. The summed E-state index contributed by atoms with van der Waals surface area (Å²) < 4.78 is 31.7. The van der Waals surface area contributed by atoms with Crippen LogP contribution < -0.4 is 36.7 Å². The molecule has 0 bridgehead atoms. The van der Waals surface area contributed by atoms with Gasteiger partial charge in [-0.15, -0.1) is 0 Å². The molecular formula is C85H111O3PSi. The van der Waals surface area contributed by atoms with E-state index in [0.717, 1.165) is 38.6 Å². The first-order valence-corrected chi connectivity index (χ1v) is 37.1. The zero-order chi connectivity index (χ0) is 66.7. The summed E-state index contributed by atoms with van der Waals surface area (Å²) in [6, 6.07) is 56.7. The Labute approximate surface area is 547 Å². The average molecular weight is 1240 g/mol. The molecule has 478 valence electrons. The van der Waals surface area contributed by atoms with Gasteiger partial charge in [0.15, 0.2) is 32.8 Å². The quantitative estimate of drug-likeness (QED) is 0.0821. The zero-order valence-corrected chi connectivity index (χ0v) is 62.4. The van der Waals surface area contributed by atoms with Gasteiger partial charge in [0.2, 0.25) is 0 Å². The number of rotatable bonds is 9. The van der Waals surface area contributed by atoms with Crippen LogP contribution >= 0.6 is 7.14 Å². The average Bonchev–Trinajstić information content (AvgIpc) is 0.783. The Morgan fingerprint density at radius 3 is 1.04 bits per heavy atom. The Kier molecular flexibility index (Phi) is 17.7. The Bertz CT molecular complexity index is 3680. The minimum absolute atomic E-state index is 0.0475. The summed E-state index contributed by atoms with van der Waals surface area (Å²) in [5.41, 5.74) is 12.1. The maximum atomic E-state index is 17.5. The summed E-state index contributed by atoms with van der Waals surface area (Å²) in [7, 11) is -6.68. The molecule has 9 rings (SSSR count). The van der Waals surface area contributed by atoms with Crippen LogP contribution in [0.3, 0.4) is 0 Å². The smallest absolute Gasteiger partial charge is 0.179 e. The summed E-state index contributed by atoms with van der Waals surface area (Å²) in [5.74, 6) is 1.49. The fourth-order valence-electron chi connectivity index (χ4n) is 13.3. The molecule has 0 saturated carbocycles. The van der Waals surface area contributed by atoms with Gasteiger partial charge in [-0.05, 0) is 173 Å². The predicted molar refractivity (Wildman–Crippen MR) is 393 cm³/mol. The van der Waals surface area contributed by atoms with Gasteiger partial charge in [0, 0.05) is 21.8 Å². The maximum absolute atomic E-state index is 17.5. The van der Waals surface area contributed by atoms with E-state index in [1.165, 1.54) is 70.8 Å². The van der Waals surface area contributed by atoms with E-state index in [1.807, 2.05) is 0 Å². The molecule has 2 atom stereocenters. The number of hydrogen-bond donors (Lipinski definition) is 0. The van der Waals surface area contributed by atoms with E-state index in [2.05, 4.69) is 345 Å². The monoisotopic (exact) mass is 1240 g/mol. The SMILES string of the molecule is CC(C)(C)c1cccc([Si](c2cccc(C(C)(C)C)c2)(c2cccc(C(C)(C)C)c2)c2ccc(C3C=C4OCC(c5ccc(P(=O)(c6cc(C(C)(C)C)cc(C(C)(C)C)c6)c6cc(C(C)(C)C)cc(C(C)(C)C)c6)cc5C(C)(C)C)OC4=C3)c(C(C)(C)C)c2)c1. The van der Waals surface area contributed by atoms with Gasteiger partial charge < -0.3 is 14.0 Å². The minimum Gasteiger partial charge on any atom is -0.486 e. The molecule has 2 aliphatic rings. The van der Waals surface area contributed by atoms with Gasteiger partial charge in [-0.1, -0.05) is 302 Å². The van der Waals surface area contributed by atoms with Crippen molar-refractivity contribution in [2.45, 2.75) is 248 Å². The van der Waals surface area contributed by atoms with Crippen molar-refractivity contribution >= 4 is 51.9 Å².